The second kappa shape index (κ2) is 19.0. The van der Waals surface area contributed by atoms with Crippen molar-refractivity contribution in [2.45, 2.75) is 91.4 Å². The van der Waals surface area contributed by atoms with E-state index in [1.54, 1.807) is 29.1 Å². The fourth-order valence-electron chi connectivity index (χ4n) is 7.25. The van der Waals surface area contributed by atoms with Crippen LogP contribution in [0.1, 0.15) is 74.5 Å². The van der Waals surface area contributed by atoms with Crippen molar-refractivity contribution in [1.29, 1.82) is 0 Å². The second-order valence-electron chi connectivity index (χ2n) is 17.4. The van der Waals surface area contributed by atoms with E-state index in [2.05, 4.69) is 77.1 Å². The number of hydrogen-bond donors (Lipinski definition) is 6. The summed E-state index contributed by atoms with van der Waals surface area (Å²) in [5, 5.41) is 29.7. The fraction of sp³-hybridized carbons (Fsp3) is 0.357. The van der Waals surface area contributed by atoms with Gasteiger partial charge in [0.05, 0.1) is 48.7 Å². The normalized spacial score (nSPS) is 20.0. The summed E-state index contributed by atoms with van der Waals surface area (Å²) >= 11 is 1.44. The Kier molecular flexibility index (Phi) is 12.6. The molecule has 3 saturated carbocycles. The number of hydrogen-bond acceptors (Lipinski definition) is 22. The molecule has 1 unspecified atom stereocenters. The molecular weight excluding hydrogens is 997 g/mol. The molecule has 0 aromatic carbocycles. The largest absolute Gasteiger partial charge is 0.351 e. The number of fused-ring (bicyclic) bond motifs is 3. The van der Waals surface area contributed by atoms with Crippen molar-refractivity contribution < 1.29 is 41.4 Å². The summed E-state index contributed by atoms with van der Waals surface area (Å²) in [5.41, 5.74) is 4.06. The van der Waals surface area contributed by atoms with Gasteiger partial charge in [0.2, 0.25) is 50.6 Å². The van der Waals surface area contributed by atoms with E-state index in [1.165, 1.54) is 39.3 Å². The van der Waals surface area contributed by atoms with Gasteiger partial charge in [0, 0.05) is 64.0 Å². The highest BCUT2D eigenvalue weighted by atomic mass is 32.2. The molecule has 0 bridgehead atoms. The molecule has 72 heavy (non-hydrogen) atoms. The van der Waals surface area contributed by atoms with Crippen molar-refractivity contribution in [1.82, 2.24) is 74.7 Å². The zero-order valence-electron chi connectivity index (χ0n) is 38.3. The quantitative estimate of drug-likeness (QED) is 0.0543. The van der Waals surface area contributed by atoms with Crippen LogP contribution in [0.4, 0.5) is 17.8 Å². The Hall–Kier alpha value is -7.86. The number of sulfone groups is 1. The molecule has 6 N–H and O–H groups in total. The average molecular weight is 1040 g/mol. The highest BCUT2D eigenvalue weighted by molar-refractivity contribution is 7.98. The van der Waals surface area contributed by atoms with Crippen LogP contribution in [0.3, 0.4) is 0 Å². The molecular formula is C42H42N18O9S3. The number of imide groups is 3. The molecule has 6 aromatic rings. The van der Waals surface area contributed by atoms with Crippen molar-refractivity contribution >= 4 is 121 Å². The van der Waals surface area contributed by atoms with E-state index < -0.39 is 32.5 Å². The van der Waals surface area contributed by atoms with Gasteiger partial charge in [-0.15, -0.1) is 0 Å². The first-order chi connectivity index (χ1) is 34.5. The zero-order chi connectivity index (χ0) is 50.6. The molecule has 12 rings (SSSR count). The molecule has 3 aliphatic carbocycles. The number of carbonyl (C=O) groups is 6. The van der Waals surface area contributed by atoms with Gasteiger partial charge in [-0.25, -0.2) is 13.4 Å². The molecule has 27 nitrogen and oxygen atoms in total. The van der Waals surface area contributed by atoms with Gasteiger partial charge in [0.15, 0.2) is 22.1 Å². The van der Waals surface area contributed by atoms with Gasteiger partial charge in [0.1, 0.15) is 0 Å². The smallest absolute Gasteiger partial charge is 0.254 e. The lowest BCUT2D eigenvalue weighted by atomic mass is 10.1. The highest BCUT2D eigenvalue weighted by Gasteiger charge is 2.30. The zero-order valence-corrected chi connectivity index (χ0v) is 40.8. The molecule has 3 saturated heterocycles. The van der Waals surface area contributed by atoms with E-state index in [0.29, 0.717) is 68.3 Å². The molecule has 6 fully saturated rings. The fourth-order valence-corrected chi connectivity index (χ4v) is 8.54. The van der Waals surface area contributed by atoms with Crippen LogP contribution in [0.25, 0.3) is 35.2 Å². The first-order valence-corrected chi connectivity index (χ1v) is 26.9. The molecule has 0 radical (unpaired) electrons. The SMILES string of the molecule is CS(=O)(=O)c1nc(NC2CC2)n2ncc(/C=C3\CC(=O)NC3=O)c2n1.CS(=O)c1nc(NC2CC2)n2ncc(/C=C3\CC(=O)NC3=O)c2n1.CSc1nc(NC2CC2)n2ncc(/C=C3\CC(=O)NC3=O)c2n1. The summed E-state index contributed by atoms with van der Waals surface area (Å²) in [4.78, 5) is 94.7. The van der Waals surface area contributed by atoms with Crippen LogP contribution in [0, 0.1) is 0 Å². The molecule has 0 spiro atoms. The van der Waals surface area contributed by atoms with Gasteiger partial charge in [-0.2, -0.15) is 53.8 Å². The summed E-state index contributed by atoms with van der Waals surface area (Å²) in [5.74, 6) is -0.827. The third-order valence-electron chi connectivity index (χ3n) is 11.3. The number of carbonyl (C=O) groups excluding carboxylic acids is 6. The third-order valence-corrected chi connectivity index (χ3v) is 13.4. The topological polar surface area (TPSA) is 355 Å². The summed E-state index contributed by atoms with van der Waals surface area (Å²) in [6.45, 7) is 0. The maximum absolute atomic E-state index is 11.9. The monoisotopic (exact) mass is 1040 g/mol. The van der Waals surface area contributed by atoms with Crippen LogP contribution in [-0.4, -0.2) is 144 Å². The highest BCUT2D eigenvalue weighted by Crippen LogP contribution is 2.29. The lowest BCUT2D eigenvalue weighted by Gasteiger charge is -2.07. The Morgan fingerprint density at radius 1 is 0.583 bits per heavy atom. The standard InChI is InChI=1S/C14H14N6O4S.C14H14N6O3S.C14H14N6O2S/c1-25(23,24)14-18-11-8(4-7-5-10(21)17-12(7)22)6-15-20(11)13(19-14)16-9-2-3-9;1-24(23)14-18-11-8(4-7-5-10(21)17-12(7)22)6-15-20(11)13(19-14)16-9-2-3-9;1-23-14-18-11-8(4-7-5-10(21)17-12(7)22)6-15-20(11)13(19-14)16-9-2-3-9/h4,6,9H,2-3,5H2,1H3,(H,16,18,19)(H,17,21,22);4,6,9H,2-3,5H2,1H3,(H,16,18,19)(H,17,21,22);4,6,9H,2-3,5H2,1H3,(H,16,18,19)(H,17,21,22)/b3*7-4+. The molecule has 372 valence electrons. The van der Waals surface area contributed by atoms with Gasteiger partial charge in [-0.1, -0.05) is 11.8 Å². The molecule has 3 aliphatic heterocycles. The number of rotatable bonds is 12. The van der Waals surface area contributed by atoms with Crippen molar-refractivity contribution in [3.63, 3.8) is 0 Å². The minimum absolute atomic E-state index is 0.0288. The number of aromatic nitrogens is 12. The number of nitrogens with one attached hydrogen (secondary N) is 6. The summed E-state index contributed by atoms with van der Waals surface area (Å²) in [6, 6.07) is 1.01. The van der Waals surface area contributed by atoms with Gasteiger partial charge < -0.3 is 16.0 Å². The number of anilines is 3. The number of amides is 6. The lowest BCUT2D eigenvalue weighted by molar-refractivity contribution is -0.125. The van der Waals surface area contributed by atoms with Crippen LogP contribution >= 0.6 is 11.8 Å². The Morgan fingerprint density at radius 3 is 1.31 bits per heavy atom. The Morgan fingerprint density at radius 2 is 0.958 bits per heavy atom. The first kappa shape index (κ1) is 47.8. The van der Waals surface area contributed by atoms with Gasteiger partial charge in [-0.3, -0.25) is 48.9 Å². The molecule has 9 heterocycles. The predicted octanol–water partition coefficient (Wildman–Crippen LogP) is 0.248. The molecule has 6 aliphatic rings. The first-order valence-electron chi connectivity index (χ1n) is 22.2. The van der Waals surface area contributed by atoms with Crippen molar-refractivity contribution in [2.75, 3.05) is 34.7 Å². The van der Waals surface area contributed by atoms with E-state index in [1.807, 2.05) is 6.26 Å². The van der Waals surface area contributed by atoms with Crippen LogP contribution in [0.15, 0.2) is 50.8 Å². The molecule has 1 atom stereocenters. The van der Waals surface area contributed by atoms with E-state index in [-0.39, 0.29) is 76.4 Å². The minimum Gasteiger partial charge on any atom is -0.351 e. The van der Waals surface area contributed by atoms with Crippen LogP contribution in [0.5, 0.6) is 0 Å². The van der Waals surface area contributed by atoms with E-state index >= 15 is 0 Å². The molecule has 6 amide bonds. The summed E-state index contributed by atoms with van der Waals surface area (Å²) < 4.78 is 40.2. The third kappa shape index (κ3) is 10.6. The van der Waals surface area contributed by atoms with Crippen LogP contribution in [0.2, 0.25) is 0 Å². The van der Waals surface area contributed by atoms with Crippen LogP contribution < -0.4 is 31.9 Å². The van der Waals surface area contributed by atoms with Crippen LogP contribution in [-0.2, 0) is 49.4 Å². The number of nitrogens with zero attached hydrogens (tertiary/aromatic N) is 12. The average Bonchev–Trinajstić information content (AvgIpc) is 4.28. The van der Waals surface area contributed by atoms with Crippen molar-refractivity contribution in [2.24, 2.45) is 0 Å². The Balaban J connectivity index is 0.000000124. The van der Waals surface area contributed by atoms with E-state index in [9.17, 15) is 41.4 Å². The molecule has 30 heteroatoms. The number of thioether (sulfide) groups is 1. The minimum atomic E-state index is -3.63. The van der Waals surface area contributed by atoms with E-state index in [0.717, 1.165) is 44.8 Å². The lowest BCUT2D eigenvalue weighted by Crippen LogP contribution is -2.19. The molecule has 6 aromatic heterocycles. The maximum Gasteiger partial charge on any atom is 0.254 e. The summed E-state index contributed by atoms with van der Waals surface area (Å²) in [7, 11) is -4.99. The Bertz CT molecular complexity index is 3570. The van der Waals surface area contributed by atoms with Crippen molar-refractivity contribution in [3.05, 3.63) is 52.0 Å². The van der Waals surface area contributed by atoms with Gasteiger partial charge in [-0.05, 0) is 63.0 Å². The van der Waals surface area contributed by atoms with E-state index in [4.69, 9.17) is 0 Å². The van der Waals surface area contributed by atoms with Crippen molar-refractivity contribution in [3.8, 4) is 0 Å². The second-order valence-corrected chi connectivity index (χ2v) is 21.3. The maximum atomic E-state index is 11.9. The van der Waals surface area contributed by atoms with Gasteiger partial charge >= 0.3 is 0 Å². The predicted molar refractivity (Wildman–Crippen MR) is 257 cm³/mol. The summed E-state index contributed by atoms with van der Waals surface area (Å²) in [6.07, 6.45) is 20.2. The Labute approximate surface area is 413 Å². The van der Waals surface area contributed by atoms with Gasteiger partial charge in [0.25, 0.3) is 22.9 Å².